The molecule has 7 nitrogen and oxygen atoms in total. The van der Waals surface area contributed by atoms with E-state index in [1.54, 1.807) is 34.3 Å². The first kappa shape index (κ1) is 25.1. The highest BCUT2D eigenvalue weighted by Gasteiger charge is 2.40. The molecule has 1 fully saturated rings. The summed E-state index contributed by atoms with van der Waals surface area (Å²) in [6.07, 6.45) is 2.14. The van der Waals surface area contributed by atoms with Crippen molar-refractivity contribution in [2.24, 2.45) is 11.8 Å². The lowest BCUT2D eigenvalue weighted by Crippen LogP contribution is -2.24. The Balaban J connectivity index is 1.91. The number of allylic oxidation sites excluding steroid dienone is 1. The second kappa shape index (κ2) is 11.6. The molecule has 0 aromatic heterocycles. The molecule has 0 aliphatic carbocycles. The van der Waals surface area contributed by atoms with Crippen molar-refractivity contribution < 1.29 is 28.5 Å². The molecule has 1 heterocycles. The second-order valence-electron chi connectivity index (χ2n) is 8.22. The predicted molar refractivity (Wildman–Crippen MR) is 127 cm³/mol. The van der Waals surface area contributed by atoms with Crippen LogP contribution in [-0.4, -0.2) is 40.5 Å². The summed E-state index contributed by atoms with van der Waals surface area (Å²) in [4.78, 5) is 12.4. The van der Waals surface area contributed by atoms with Gasteiger partial charge in [-0.3, -0.25) is 0 Å². The number of ether oxygens (including phenoxy) is 5. The van der Waals surface area contributed by atoms with Crippen molar-refractivity contribution in [2.75, 3.05) is 34.5 Å². The second-order valence-corrected chi connectivity index (χ2v) is 8.22. The Morgan fingerprint density at radius 1 is 1.12 bits per heavy atom. The topological polar surface area (TPSA) is 87.0 Å². The first-order chi connectivity index (χ1) is 16.4. The van der Waals surface area contributed by atoms with Gasteiger partial charge in [0.2, 0.25) is 5.75 Å². The Morgan fingerprint density at radius 2 is 1.76 bits per heavy atom. The van der Waals surface area contributed by atoms with Crippen LogP contribution in [0.15, 0.2) is 48.0 Å². The molecule has 3 atom stereocenters. The normalized spacial score (nSPS) is 19.9. The van der Waals surface area contributed by atoms with Crippen LogP contribution >= 0.6 is 0 Å². The summed E-state index contributed by atoms with van der Waals surface area (Å²) in [5.41, 5.74) is 3.14. The van der Waals surface area contributed by atoms with Crippen molar-refractivity contribution in [3.05, 3.63) is 64.7 Å². The van der Waals surface area contributed by atoms with Crippen molar-refractivity contribution in [3.8, 4) is 23.3 Å². The van der Waals surface area contributed by atoms with Crippen LogP contribution in [0.2, 0.25) is 0 Å². The zero-order chi connectivity index (χ0) is 24.7. The summed E-state index contributed by atoms with van der Waals surface area (Å²) < 4.78 is 28.4. The number of benzene rings is 2. The van der Waals surface area contributed by atoms with Crippen LogP contribution in [-0.2, 0) is 20.7 Å². The van der Waals surface area contributed by atoms with Crippen molar-refractivity contribution >= 4 is 5.97 Å². The molecule has 0 spiro atoms. The molecule has 0 N–H and O–H groups in total. The number of hydrogen-bond acceptors (Lipinski definition) is 7. The van der Waals surface area contributed by atoms with Crippen LogP contribution in [0.1, 0.15) is 36.6 Å². The van der Waals surface area contributed by atoms with Crippen LogP contribution in [0.3, 0.4) is 0 Å². The fourth-order valence-electron chi connectivity index (χ4n) is 4.19. The minimum absolute atomic E-state index is 0.0907. The Hall–Kier alpha value is -3.50. The molecule has 0 radical (unpaired) electrons. The zero-order valence-electron chi connectivity index (χ0n) is 20.3. The summed E-state index contributed by atoms with van der Waals surface area (Å²) in [7, 11) is 4.71. The highest BCUT2D eigenvalue weighted by atomic mass is 16.5. The minimum atomic E-state index is -0.338. The molecule has 0 unspecified atom stereocenters. The van der Waals surface area contributed by atoms with Gasteiger partial charge in [0.1, 0.15) is 0 Å². The van der Waals surface area contributed by atoms with Gasteiger partial charge in [-0.2, -0.15) is 5.26 Å². The first-order valence-electron chi connectivity index (χ1n) is 11.2. The molecule has 7 heteroatoms. The average Bonchev–Trinajstić information content (AvgIpc) is 3.28. The minimum Gasteiger partial charge on any atom is -0.493 e. The van der Waals surface area contributed by atoms with Gasteiger partial charge in [-0.15, -0.1) is 0 Å². The number of methoxy groups -OCH3 is 3. The monoisotopic (exact) mass is 465 g/mol. The summed E-state index contributed by atoms with van der Waals surface area (Å²) in [6.45, 7) is 4.26. The van der Waals surface area contributed by atoms with Crippen LogP contribution in [0, 0.1) is 23.2 Å². The number of carbonyl (C=O) groups is 1. The van der Waals surface area contributed by atoms with E-state index < -0.39 is 0 Å². The van der Waals surface area contributed by atoms with Crippen LogP contribution in [0.25, 0.3) is 0 Å². The maximum Gasteiger partial charge on any atom is 0.333 e. The number of rotatable bonds is 9. The molecule has 3 rings (SSSR count). The largest absolute Gasteiger partial charge is 0.493 e. The zero-order valence-corrected chi connectivity index (χ0v) is 20.3. The number of hydrogen-bond donors (Lipinski definition) is 0. The number of esters is 1. The Labute approximate surface area is 200 Å². The summed E-state index contributed by atoms with van der Waals surface area (Å²) in [5, 5.41) is 9.07. The third-order valence-electron chi connectivity index (χ3n) is 6.24. The highest BCUT2D eigenvalue weighted by molar-refractivity contribution is 5.87. The Bertz CT molecular complexity index is 1040. The number of nitrogens with zero attached hydrogens (tertiary/aromatic N) is 1. The van der Waals surface area contributed by atoms with E-state index in [1.807, 2.05) is 43.3 Å². The lowest BCUT2D eigenvalue weighted by Gasteiger charge is -2.24. The molecule has 2 aromatic rings. The standard InChI is InChI=1S/C27H31NO6/c1-6-17(2)27(29)34-16-22-21(11-18-7-9-19(14-28)10-8-18)15-33-25(22)20-12-23(30-3)26(32-5)24(13-20)31-4/h6-10,12-13,21-22,25H,11,15-16H2,1-5H3/b17-6-/t21-,22-,25+/m0/s1. The molecule has 1 saturated heterocycles. The molecule has 0 amide bonds. The van der Waals surface area contributed by atoms with Gasteiger partial charge < -0.3 is 23.7 Å². The third kappa shape index (κ3) is 5.52. The molecular weight excluding hydrogens is 434 g/mol. The van der Waals surface area contributed by atoms with E-state index in [4.69, 9.17) is 28.9 Å². The van der Waals surface area contributed by atoms with E-state index in [0.717, 1.165) is 17.5 Å². The van der Waals surface area contributed by atoms with Gasteiger partial charge in [-0.1, -0.05) is 18.2 Å². The van der Waals surface area contributed by atoms with E-state index in [9.17, 15) is 4.79 Å². The Kier molecular flexibility index (Phi) is 8.55. The van der Waals surface area contributed by atoms with E-state index in [1.165, 1.54) is 0 Å². The van der Waals surface area contributed by atoms with E-state index >= 15 is 0 Å². The lowest BCUT2D eigenvalue weighted by atomic mass is 9.84. The lowest BCUT2D eigenvalue weighted by molar-refractivity contribution is -0.141. The molecule has 1 aliphatic rings. The van der Waals surface area contributed by atoms with Crippen LogP contribution in [0.4, 0.5) is 0 Å². The molecular formula is C27H31NO6. The summed E-state index contributed by atoms with van der Waals surface area (Å²) in [5.74, 6) is 1.26. The molecule has 34 heavy (non-hydrogen) atoms. The summed E-state index contributed by atoms with van der Waals surface area (Å²) >= 11 is 0. The number of carbonyl (C=O) groups excluding carboxylic acids is 1. The highest BCUT2D eigenvalue weighted by Crippen LogP contribution is 2.46. The Morgan fingerprint density at radius 3 is 2.29 bits per heavy atom. The molecule has 180 valence electrons. The molecule has 0 saturated carbocycles. The average molecular weight is 466 g/mol. The van der Waals surface area contributed by atoms with Gasteiger partial charge in [0.05, 0.1) is 52.3 Å². The van der Waals surface area contributed by atoms with Gasteiger partial charge in [-0.25, -0.2) is 4.79 Å². The number of nitriles is 1. The van der Waals surface area contributed by atoms with Gasteiger partial charge >= 0.3 is 5.97 Å². The van der Waals surface area contributed by atoms with Crippen molar-refractivity contribution in [3.63, 3.8) is 0 Å². The molecule has 1 aliphatic heterocycles. The summed E-state index contributed by atoms with van der Waals surface area (Å²) in [6, 6.07) is 13.4. The van der Waals surface area contributed by atoms with Gasteiger partial charge in [0, 0.05) is 11.5 Å². The molecule has 2 aromatic carbocycles. The van der Waals surface area contributed by atoms with E-state index in [0.29, 0.717) is 35.0 Å². The maximum absolute atomic E-state index is 12.4. The SMILES string of the molecule is C/C=C(/C)C(=O)OC[C@H]1[C@@H](Cc2ccc(C#N)cc2)CO[C@@H]1c1cc(OC)c(OC)c(OC)c1. The quantitative estimate of drug-likeness (QED) is 0.394. The van der Waals surface area contributed by atoms with Gasteiger partial charge in [0.25, 0.3) is 0 Å². The van der Waals surface area contributed by atoms with Gasteiger partial charge in [0.15, 0.2) is 11.5 Å². The third-order valence-corrected chi connectivity index (χ3v) is 6.24. The van der Waals surface area contributed by atoms with Gasteiger partial charge in [-0.05, 0) is 61.6 Å². The van der Waals surface area contributed by atoms with E-state index in [-0.39, 0.29) is 30.5 Å². The fraction of sp³-hybridized carbons (Fsp3) is 0.407. The van der Waals surface area contributed by atoms with E-state index in [2.05, 4.69) is 6.07 Å². The fourth-order valence-corrected chi connectivity index (χ4v) is 4.19. The predicted octanol–water partition coefficient (Wildman–Crippen LogP) is 4.64. The van der Waals surface area contributed by atoms with Crippen molar-refractivity contribution in [1.82, 2.24) is 0 Å². The first-order valence-corrected chi connectivity index (χ1v) is 11.2. The molecule has 0 bridgehead atoms. The van der Waals surface area contributed by atoms with Crippen molar-refractivity contribution in [2.45, 2.75) is 26.4 Å². The van der Waals surface area contributed by atoms with Crippen LogP contribution in [0.5, 0.6) is 17.2 Å². The van der Waals surface area contributed by atoms with Crippen molar-refractivity contribution in [1.29, 1.82) is 5.26 Å². The maximum atomic E-state index is 12.4. The van der Waals surface area contributed by atoms with Crippen LogP contribution < -0.4 is 14.2 Å². The smallest absolute Gasteiger partial charge is 0.333 e.